The predicted molar refractivity (Wildman–Crippen MR) is 126 cm³/mol. The van der Waals surface area contributed by atoms with Crippen LogP contribution in [0.1, 0.15) is 64.8 Å². The van der Waals surface area contributed by atoms with E-state index in [-0.39, 0.29) is 48.9 Å². The van der Waals surface area contributed by atoms with Gasteiger partial charge in [-0.1, -0.05) is 6.07 Å². The van der Waals surface area contributed by atoms with E-state index >= 15 is 4.39 Å². The molecule has 190 valence electrons. The summed E-state index contributed by atoms with van der Waals surface area (Å²) in [7, 11) is 0. The van der Waals surface area contributed by atoms with Crippen LogP contribution in [0.5, 0.6) is 0 Å². The van der Waals surface area contributed by atoms with Gasteiger partial charge in [0.25, 0.3) is 5.91 Å². The number of fused-ring (bicyclic) bond motifs is 2. The number of halogens is 1. The van der Waals surface area contributed by atoms with E-state index in [9.17, 15) is 14.4 Å². The highest BCUT2D eigenvalue weighted by atomic mass is 19.1. The smallest absolute Gasteiger partial charge is 0.255 e. The number of amides is 3. The molecule has 2 fully saturated rings. The third kappa shape index (κ3) is 4.22. The Labute approximate surface area is 208 Å². The summed E-state index contributed by atoms with van der Waals surface area (Å²) in [5.74, 6) is -1.61. The largest absolute Gasteiger partial charge is 0.376 e. The fourth-order valence-electron chi connectivity index (χ4n) is 6.11. The molecular formula is C26H30FN5O4. The Kier molecular flexibility index (Phi) is 6.08. The van der Waals surface area contributed by atoms with Crippen molar-refractivity contribution in [3.8, 4) is 0 Å². The Morgan fingerprint density at radius 1 is 1.17 bits per heavy atom. The molecule has 2 aromatic rings. The Morgan fingerprint density at radius 3 is 2.92 bits per heavy atom. The number of aryl methyl sites for hydroxylation is 1. The molecule has 1 aromatic carbocycles. The maximum Gasteiger partial charge on any atom is 0.255 e. The van der Waals surface area contributed by atoms with E-state index < -0.39 is 17.8 Å². The van der Waals surface area contributed by atoms with Crippen LogP contribution in [0, 0.1) is 5.82 Å². The normalized spacial score (nSPS) is 28.1. The standard InChI is InChI=1S/C26H30FN5O4/c27-24-14(4-6-17-18(24)13-32(26(17)35)21-7-8-23(33)30-25(21)34)10-22-19(2-1-9-36-22)29-16-5-3-15-12-28-31-20(15)11-16/h4,6,12,16,19,21-22,29H,1-3,5,7-11,13H2,(H,28,31)(H,30,33,34)/t16?,19-,21?,22+/m0/s1. The van der Waals surface area contributed by atoms with Gasteiger partial charge in [-0.3, -0.25) is 24.8 Å². The van der Waals surface area contributed by atoms with Gasteiger partial charge in [0, 0.05) is 54.8 Å². The first-order chi connectivity index (χ1) is 17.5. The lowest BCUT2D eigenvalue weighted by Gasteiger charge is -2.36. The zero-order valence-electron chi connectivity index (χ0n) is 20.0. The van der Waals surface area contributed by atoms with Gasteiger partial charge in [-0.2, -0.15) is 5.10 Å². The average molecular weight is 496 g/mol. The van der Waals surface area contributed by atoms with Crippen molar-refractivity contribution < 1.29 is 23.5 Å². The van der Waals surface area contributed by atoms with E-state index in [2.05, 4.69) is 20.8 Å². The maximum absolute atomic E-state index is 15.7. The lowest BCUT2D eigenvalue weighted by Crippen LogP contribution is -2.52. The molecule has 6 rings (SSSR count). The number of nitrogens with one attached hydrogen (secondary N) is 3. The van der Waals surface area contributed by atoms with Crippen molar-refractivity contribution in [2.75, 3.05) is 6.61 Å². The molecule has 1 aliphatic carbocycles. The number of benzene rings is 1. The second kappa shape index (κ2) is 9.40. The molecule has 10 heteroatoms. The number of piperidine rings is 1. The van der Waals surface area contributed by atoms with Crippen molar-refractivity contribution >= 4 is 17.7 Å². The Bertz CT molecular complexity index is 1210. The lowest BCUT2D eigenvalue weighted by atomic mass is 9.90. The van der Waals surface area contributed by atoms with E-state index in [0.717, 1.165) is 32.1 Å². The minimum atomic E-state index is -0.758. The summed E-state index contributed by atoms with van der Waals surface area (Å²) in [4.78, 5) is 38.2. The van der Waals surface area contributed by atoms with E-state index in [1.54, 1.807) is 12.1 Å². The molecule has 3 amide bonds. The zero-order valence-corrected chi connectivity index (χ0v) is 20.0. The van der Waals surface area contributed by atoms with Crippen LogP contribution < -0.4 is 10.6 Å². The number of carbonyl (C=O) groups excluding carboxylic acids is 3. The van der Waals surface area contributed by atoms with Crippen LogP contribution in [0.2, 0.25) is 0 Å². The van der Waals surface area contributed by atoms with Gasteiger partial charge in [0.1, 0.15) is 11.9 Å². The fraction of sp³-hybridized carbons (Fsp3) is 0.538. The Morgan fingerprint density at radius 2 is 2.06 bits per heavy atom. The Balaban J connectivity index is 1.16. The molecule has 9 nitrogen and oxygen atoms in total. The monoisotopic (exact) mass is 495 g/mol. The van der Waals surface area contributed by atoms with Gasteiger partial charge in [0.15, 0.2) is 0 Å². The molecule has 4 heterocycles. The first-order valence-corrected chi connectivity index (χ1v) is 12.8. The SMILES string of the molecule is O=C1CCC(N2Cc3c(ccc(C[C@H]4OCCC[C@@H]4NC4CCc5cn[nH]c5C4)c3F)C2=O)C(=O)N1. The summed E-state index contributed by atoms with van der Waals surface area (Å²) in [5.41, 5.74) is 3.59. The molecule has 0 saturated carbocycles. The van der Waals surface area contributed by atoms with Crippen LogP contribution >= 0.6 is 0 Å². The molecule has 1 aromatic heterocycles. The van der Waals surface area contributed by atoms with Crippen LogP contribution in [-0.2, 0) is 40.1 Å². The molecular weight excluding hydrogens is 465 g/mol. The van der Waals surface area contributed by atoms with E-state index in [4.69, 9.17) is 4.74 Å². The van der Waals surface area contributed by atoms with Crippen molar-refractivity contribution in [2.45, 2.75) is 82.1 Å². The number of ether oxygens (including phenoxy) is 1. The van der Waals surface area contributed by atoms with Crippen molar-refractivity contribution in [3.63, 3.8) is 0 Å². The number of hydrogen-bond donors (Lipinski definition) is 3. The molecule has 2 unspecified atom stereocenters. The lowest BCUT2D eigenvalue weighted by molar-refractivity contribution is -0.136. The Hall–Kier alpha value is -3.11. The predicted octanol–water partition coefficient (Wildman–Crippen LogP) is 1.55. The second-order valence-electron chi connectivity index (χ2n) is 10.3. The van der Waals surface area contributed by atoms with Gasteiger partial charge in [-0.05, 0) is 49.3 Å². The minimum Gasteiger partial charge on any atom is -0.376 e. The molecule has 36 heavy (non-hydrogen) atoms. The van der Waals surface area contributed by atoms with Crippen LogP contribution in [-0.4, -0.2) is 63.7 Å². The average Bonchev–Trinajstić information content (AvgIpc) is 3.46. The third-order valence-corrected chi connectivity index (χ3v) is 8.06. The quantitative estimate of drug-likeness (QED) is 0.542. The summed E-state index contributed by atoms with van der Waals surface area (Å²) in [6.07, 6.45) is 7.39. The highest BCUT2D eigenvalue weighted by Crippen LogP contribution is 2.32. The number of aromatic nitrogens is 2. The number of imide groups is 1. The van der Waals surface area contributed by atoms with E-state index in [0.29, 0.717) is 30.2 Å². The number of nitrogens with zero attached hydrogens (tertiary/aromatic N) is 2. The highest BCUT2D eigenvalue weighted by Gasteiger charge is 2.41. The molecule has 3 N–H and O–H groups in total. The van der Waals surface area contributed by atoms with Crippen molar-refractivity contribution in [1.82, 2.24) is 25.7 Å². The number of hydrogen-bond acceptors (Lipinski definition) is 6. The van der Waals surface area contributed by atoms with E-state index in [1.165, 1.54) is 16.2 Å². The molecule has 4 atom stereocenters. The van der Waals surface area contributed by atoms with Crippen LogP contribution in [0.3, 0.4) is 0 Å². The summed E-state index contributed by atoms with van der Waals surface area (Å²) >= 11 is 0. The second-order valence-corrected chi connectivity index (χ2v) is 10.3. The van der Waals surface area contributed by atoms with E-state index in [1.807, 2.05) is 6.20 Å². The van der Waals surface area contributed by atoms with Crippen molar-refractivity contribution in [1.29, 1.82) is 0 Å². The number of carbonyl (C=O) groups is 3. The summed E-state index contributed by atoms with van der Waals surface area (Å²) in [6.45, 7) is 0.675. The summed E-state index contributed by atoms with van der Waals surface area (Å²) in [5, 5.41) is 13.3. The number of rotatable bonds is 5. The van der Waals surface area contributed by atoms with Gasteiger partial charge >= 0.3 is 0 Å². The third-order valence-electron chi connectivity index (χ3n) is 8.06. The van der Waals surface area contributed by atoms with Gasteiger partial charge in [-0.25, -0.2) is 4.39 Å². The topological polar surface area (TPSA) is 116 Å². The van der Waals surface area contributed by atoms with Gasteiger partial charge in [-0.15, -0.1) is 0 Å². The molecule has 2 saturated heterocycles. The fourth-order valence-corrected chi connectivity index (χ4v) is 6.11. The maximum atomic E-state index is 15.7. The number of aromatic amines is 1. The minimum absolute atomic E-state index is 0.0297. The highest BCUT2D eigenvalue weighted by molar-refractivity contribution is 6.05. The van der Waals surface area contributed by atoms with Crippen molar-refractivity contribution in [3.05, 3.63) is 52.1 Å². The molecule has 3 aliphatic heterocycles. The first kappa shape index (κ1) is 23.3. The summed E-state index contributed by atoms with van der Waals surface area (Å²) < 4.78 is 21.8. The molecule has 4 aliphatic rings. The zero-order chi connectivity index (χ0) is 24.8. The van der Waals surface area contributed by atoms with Crippen molar-refractivity contribution in [2.24, 2.45) is 0 Å². The molecule has 0 spiro atoms. The van der Waals surface area contributed by atoms with Crippen LogP contribution in [0.25, 0.3) is 0 Å². The first-order valence-electron chi connectivity index (χ1n) is 12.8. The van der Waals surface area contributed by atoms with Gasteiger partial charge in [0.2, 0.25) is 11.8 Å². The van der Waals surface area contributed by atoms with Gasteiger partial charge < -0.3 is 15.0 Å². The van der Waals surface area contributed by atoms with Gasteiger partial charge in [0.05, 0.1) is 18.8 Å². The number of H-pyrrole nitrogens is 1. The van der Waals surface area contributed by atoms with Crippen LogP contribution in [0.15, 0.2) is 18.3 Å². The molecule has 0 radical (unpaired) electrons. The van der Waals surface area contributed by atoms with Crippen LogP contribution in [0.4, 0.5) is 4.39 Å². The molecule has 0 bridgehead atoms. The summed E-state index contributed by atoms with van der Waals surface area (Å²) in [6, 6.07) is 3.01.